The first-order valence-corrected chi connectivity index (χ1v) is 6.72. The Bertz CT molecular complexity index is 473. The highest BCUT2D eigenvalue weighted by molar-refractivity contribution is 5.79. The van der Waals surface area contributed by atoms with Crippen molar-refractivity contribution in [2.24, 2.45) is 13.0 Å². The Labute approximate surface area is 112 Å². The van der Waals surface area contributed by atoms with Crippen LogP contribution in [0.3, 0.4) is 0 Å². The van der Waals surface area contributed by atoms with Gasteiger partial charge in [0.2, 0.25) is 5.91 Å². The number of aryl methyl sites for hydroxylation is 1. The zero-order chi connectivity index (χ0) is 13.4. The van der Waals surface area contributed by atoms with Gasteiger partial charge in [0.05, 0.1) is 24.3 Å². The van der Waals surface area contributed by atoms with Crippen molar-refractivity contribution in [2.45, 2.75) is 25.2 Å². The summed E-state index contributed by atoms with van der Waals surface area (Å²) in [5.74, 6) is 0.115. The molecule has 19 heavy (non-hydrogen) atoms. The number of hydrogen-bond acceptors (Lipinski definition) is 4. The third kappa shape index (κ3) is 2.50. The van der Waals surface area contributed by atoms with Gasteiger partial charge >= 0.3 is 0 Å². The number of hydrogen-bond donors (Lipinski definition) is 1. The Morgan fingerprint density at radius 1 is 1.58 bits per heavy atom. The Morgan fingerprint density at radius 3 is 3.11 bits per heavy atom. The van der Waals surface area contributed by atoms with E-state index in [2.05, 4.69) is 15.3 Å². The molecule has 1 N–H and O–H groups in total. The van der Waals surface area contributed by atoms with Crippen molar-refractivity contribution in [1.82, 2.24) is 20.0 Å². The molecule has 1 aromatic heterocycles. The fourth-order valence-corrected chi connectivity index (χ4v) is 3.14. The van der Waals surface area contributed by atoms with Gasteiger partial charge in [-0.2, -0.15) is 5.10 Å². The van der Waals surface area contributed by atoms with Gasteiger partial charge in [0.25, 0.3) is 0 Å². The molecule has 2 aliphatic heterocycles. The van der Waals surface area contributed by atoms with E-state index in [1.165, 1.54) is 5.56 Å². The molecule has 0 saturated carbocycles. The fraction of sp³-hybridized carbons (Fsp3) is 0.692. The van der Waals surface area contributed by atoms with Crippen LogP contribution in [0.4, 0.5) is 0 Å². The molecular weight excluding hydrogens is 244 g/mol. The molecule has 2 aliphatic rings. The van der Waals surface area contributed by atoms with Crippen molar-refractivity contribution in [2.75, 3.05) is 20.1 Å². The van der Waals surface area contributed by atoms with Gasteiger partial charge in [-0.1, -0.05) is 0 Å². The zero-order valence-electron chi connectivity index (χ0n) is 11.4. The first-order valence-electron chi connectivity index (χ1n) is 6.72. The summed E-state index contributed by atoms with van der Waals surface area (Å²) < 4.78 is 7.70. The maximum atomic E-state index is 11.8. The maximum absolute atomic E-state index is 11.8. The van der Waals surface area contributed by atoms with Crippen molar-refractivity contribution in [3.63, 3.8) is 0 Å². The summed E-state index contributed by atoms with van der Waals surface area (Å²) in [7, 11) is 3.62. The van der Waals surface area contributed by atoms with Crippen LogP contribution in [-0.2, 0) is 23.1 Å². The molecule has 3 heterocycles. The van der Waals surface area contributed by atoms with Crippen LogP contribution in [0.15, 0.2) is 12.4 Å². The topological polar surface area (TPSA) is 59.4 Å². The van der Waals surface area contributed by atoms with Gasteiger partial charge in [-0.3, -0.25) is 14.4 Å². The van der Waals surface area contributed by atoms with Gasteiger partial charge in [-0.15, -0.1) is 0 Å². The number of nitrogens with zero attached hydrogens (tertiary/aromatic N) is 3. The average Bonchev–Trinajstić information content (AvgIpc) is 2.92. The summed E-state index contributed by atoms with van der Waals surface area (Å²) >= 11 is 0. The number of morpholine rings is 1. The number of ether oxygens (including phenoxy) is 1. The van der Waals surface area contributed by atoms with E-state index in [4.69, 9.17) is 4.74 Å². The molecule has 1 amide bonds. The number of nitrogens with one attached hydrogen (secondary N) is 1. The molecule has 104 valence electrons. The second kappa shape index (κ2) is 4.94. The molecule has 1 aromatic rings. The molecule has 6 nitrogen and oxygen atoms in total. The van der Waals surface area contributed by atoms with Crippen LogP contribution in [0, 0.1) is 5.92 Å². The second-order valence-corrected chi connectivity index (χ2v) is 5.47. The Balaban J connectivity index is 1.64. The lowest BCUT2D eigenvalue weighted by Crippen LogP contribution is -2.44. The van der Waals surface area contributed by atoms with E-state index in [-0.39, 0.29) is 24.0 Å². The predicted octanol–water partition coefficient (Wildman–Crippen LogP) is -0.245. The highest BCUT2D eigenvalue weighted by Crippen LogP contribution is 2.32. The molecule has 2 saturated heterocycles. The molecule has 6 heteroatoms. The summed E-state index contributed by atoms with van der Waals surface area (Å²) in [4.78, 5) is 14.2. The first-order chi connectivity index (χ1) is 9.15. The summed E-state index contributed by atoms with van der Waals surface area (Å²) in [6, 6.07) is 0. The summed E-state index contributed by atoms with van der Waals surface area (Å²) in [6.07, 6.45) is 5.00. The van der Waals surface area contributed by atoms with Gasteiger partial charge in [0, 0.05) is 45.5 Å². The van der Waals surface area contributed by atoms with Crippen LogP contribution in [0.25, 0.3) is 0 Å². The van der Waals surface area contributed by atoms with Crippen LogP contribution in [0.2, 0.25) is 0 Å². The molecule has 0 aliphatic carbocycles. The standard InChI is InChI=1S/C13H20N4O2/c1-14-13(18)11-3-10-7-17(8-12(11)19-10)6-9-4-15-16(2)5-9/h4-5,10-12H,3,6-8H2,1-2H3,(H,14,18). The highest BCUT2D eigenvalue weighted by atomic mass is 16.5. The van der Waals surface area contributed by atoms with E-state index in [9.17, 15) is 4.79 Å². The number of amides is 1. The fourth-order valence-electron chi connectivity index (χ4n) is 3.14. The monoisotopic (exact) mass is 264 g/mol. The molecule has 3 unspecified atom stereocenters. The van der Waals surface area contributed by atoms with E-state index in [1.807, 2.05) is 24.1 Å². The van der Waals surface area contributed by atoms with E-state index < -0.39 is 0 Å². The minimum absolute atomic E-state index is 0.00824. The van der Waals surface area contributed by atoms with Gasteiger partial charge in [0.15, 0.2) is 0 Å². The quantitative estimate of drug-likeness (QED) is 0.818. The predicted molar refractivity (Wildman–Crippen MR) is 69.3 cm³/mol. The second-order valence-electron chi connectivity index (χ2n) is 5.47. The lowest BCUT2D eigenvalue weighted by molar-refractivity contribution is -0.127. The number of carbonyl (C=O) groups excluding carboxylic acids is 1. The van der Waals surface area contributed by atoms with Gasteiger partial charge in [-0.05, 0) is 6.42 Å². The maximum Gasteiger partial charge on any atom is 0.225 e. The lowest BCUT2D eigenvalue weighted by Gasteiger charge is -2.32. The van der Waals surface area contributed by atoms with Crippen molar-refractivity contribution in [3.8, 4) is 0 Å². The molecule has 3 rings (SSSR count). The molecule has 2 fully saturated rings. The van der Waals surface area contributed by atoms with Crippen molar-refractivity contribution in [1.29, 1.82) is 0 Å². The summed E-state index contributed by atoms with van der Waals surface area (Å²) in [6.45, 7) is 2.60. The summed E-state index contributed by atoms with van der Waals surface area (Å²) in [5, 5.41) is 6.92. The Kier molecular flexibility index (Phi) is 3.28. The van der Waals surface area contributed by atoms with Crippen LogP contribution in [-0.4, -0.2) is 52.9 Å². The van der Waals surface area contributed by atoms with E-state index >= 15 is 0 Å². The van der Waals surface area contributed by atoms with E-state index in [0.29, 0.717) is 0 Å². The normalized spacial score (nSPS) is 30.5. The SMILES string of the molecule is CNC(=O)C1CC2CN(Cc3cnn(C)c3)CC1O2. The lowest BCUT2D eigenvalue weighted by atomic mass is 10.00. The Hall–Kier alpha value is -1.40. The van der Waals surface area contributed by atoms with Crippen LogP contribution in [0.5, 0.6) is 0 Å². The van der Waals surface area contributed by atoms with E-state index in [1.54, 1.807) is 7.05 Å². The number of rotatable bonds is 3. The van der Waals surface area contributed by atoms with E-state index in [0.717, 1.165) is 26.1 Å². The van der Waals surface area contributed by atoms with Crippen LogP contribution >= 0.6 is 0 Å². The minimum atomic E-state index is 0.00824. The third-order valence-electron chi connectivity index (χ3n) is 3.98. The number of carbonyl (C=O) groups is 1. The van der Waals surface area contributed by atoms with Crippen molar-refractivity contribution >= 4 is 5.91 Å². The molecular formula is C13H20N4O2. The van der Waals surface area contributed by atoms with Crippen molar-refractivity contribution in [3.05, 3.63) is 18.0 Å². The first kappa shape index (κ1) is 12.6. The molecule has 0 radical (unpaired) electrons. The number of fused-ring (bicyclic) bond motifs is 2. The largest absolute Gasteiger partial charge is 0.371 e. The average molecular weight is 264 g/mol. The van der Waals surface area contributed by atoms with Gasteiger partial charge < -0.3 is 10.1 Å². The van der Waals surface area contributed by atoms with Gasteiger partial charge in [0.1, 0.15) is 0 Å². The molecule has 3 atom stereocenters. The zero-order valence-corrected chi connectivity index (χ0v) is 11.4. The minimum Gasteiger partial charge on any atom is -0.371 e. The van der Waals surface area contributed by atoms with Crippen LogP contribution in [0.1, 0.15) is 12.0 Å². The van der Waals surface area contributed by atoms with Gasteiger partial charge in [-0.25, -0.2) is 0 Å². The Morgan fingerprint density at radius 2 is 2.42 bits per heavy atom. The number of likely N-dealkylation sites (tertiary alicyclic amines) is 1. The third-order valence-corrected chi connectivity index (χ3v) is 3.98. The molecule has 0 spiro atoms. The van der Waals surface area contributed by atoms with Crippen molar-refractivity contribution < 1.29 is 9.53 Å². The summed E-state index contributed by atoms with van der Waals surface area (Å²) in [5.41, 5.74) is 1.21. The number of aromatic nitrogens is 2. The highest BCUT2D eigenvalue weighted by Gasteiger charge is 2.44. The molecule has 0 aromatic carbocycles. The van der Waals surface area contributed by atoms with Crippen LogP contribution < -0.4 is 5.32 Å². The molecule has 2 bridgehead atoms. The smallest absolute Gasteiger partial charge is 0.225 e.